The van der Waals surface area contributed by atoms with Crippen LogP contribution < -0.4 is 5.73 Å². The zero-order valence-corrected chi connectivity index (χ0v) is 13.1. The molecule has 1 saturated heterocycles. The highest BCUT2D eigenvalue weighted by molar-refractivity contribution is 6.42. The highest BCUT2D eigenvalue weighted by Gasteiger charge is 2.30. The summed E-state index contributed by atoms with van der Waals surface area (Å²) >= 11 is 12.0. The molecule has 1 aromatic rings. The molecule has 1 aromatic carbocycles. The standard InChI is InChI=1S/C15H20Cl2N2O/c1-10(9-18)7-15(20)19-6-2-3-14(19)11-4-5-12(16)13(17)8-11/h4-5,8,10,14H,2-3,6-7,9,18H2,1H3. The van der Waals surface area contributed by atoms with Gasteiger partial charge >= 0.3 is 0 Å². The zero-order chi connectivity index (χ0) is 14.7. The Morgan fingerprint density at radius 3 is 2.85 bits per heavy atom. The molecule has 20 heavy (non-hydrogen) atoms. The Labute approximate surface area is 130 Å². The second kappa shape index (κ2) is 6.79. The van der Waals surface area contributed by atoms with E-state index in [-0.39, 0.29) is 17.9 Å². The fraction of sp³-hybridized carbons (Fsp3) is 0.533. The van der Waals surface area contributed by atoms with Crippen molar-refractivity contribution >= 4 is 29.1 Å². The largest absolute Gasteiger partial charge is 0.336 e. The van der Waals surface area contributed by atoms with Crippen LogP contribution in [0.5, 0.6) is 0 Å². The molecule has 0 saturated carbocycles. The molecule has 1 fully saturated rings. The molecule has 2 atom stereocenters. The first-order valence-electron chi connectivity index (χ1n) is 6.97. The summed E-state index contributed by atoms with van der Waals surface area (Å²) in [6.07, 6.45) is 2.50. The van der Waals surface area contributed by atoms with Crippen LogP contribution >= 0.6 is 23.2 Å². The van der Waals surface area contributed by atoms with Gasteiger partial charge in [-0.2, -0.15) is 0 Å². The van der Waals surface area contributed by atoms with Gasteiger partial charge in [-0.3, -0.25) is 4.79 Å². The first-order valence-corrected chi connectivity index (χ1v) is 7.73. The number of hydrogen-bond acceptors (Lipinski definition) is 2. The van der Waals surface area contributed by atoms with Crippen molar-refractivity contribution < 1.29 is 4.79 Å². The number of carbonyl (C=O) groups excluding carboxylic acids is 1. The summed E-state index contributed by atoms with van der Waals surface area (Å²) in [5, 5.41) is 1.09. The minimum absolute atomic E-state index is 0.113. The number of nitrogens with zero attached hydrogens (tertiary/aromatic N) is 1. The average molecular weight is 315 g/mol. The molecule has 0 aliphatic carbocycles. The van der Waals surface area contributed by atoms with E-state index in [1.165, 1.54) is 0 Å². The third kappa shape index (κ3) is 3.46. The molecule has 1 aliphatic rings. The fourth-order valence-corrected chi connectivity index (χ4v) is 2.94. The van der Waals surface area contributed by atoms with Crippen LogP contribution in [0, 0.1) is 5.92 Å². The van der Waals surface area contributed by atoms with E-state index in [9.17, 15) is 4.79 Å². The third-order valence-corrected chi connectivity index (χ3v) is 4.57. The third-order valence-electron chi connectivity index (χ3n) is 3.83. The summed E-state index contributed by atoms with van der Waals surface area (Å²) in [5.41, 5.74) is 6.66. The Kier molecular flexibility index (Phi) is 5.30. The van der Waals surface area contributed by atoms with Gasteiger partial charge in [0.15, 0.2) is 0 Å². The smallest absolute Gasteiger partial charge is 0.223 e. The highest BCUT2D eigenvalue weighted by Crippen LogP contribution is 2.35. The van der Waals surface area contributed by atoms with E-state index >= 15 is 0 Å². The number of amides is 1. The topological polar surface area (TPSA) is 46.3 Å². The second-order valence-electron chi connectivity index (χ2n) is 5.46. The first-order chi connectivity index (χ1) is 9.52. The molecule has 1 aliphatic heterocycles. The van der Waals surface area contributed by atoms with E-state index in [4.69, 9.17) is 28.9 Å². The molecular weight excluding hydrogens is 295 g/mol. The molecule has 0 spiro atoms. The molecular formula is C15H20Cl2N2O. The van der Waals surface area contributed by atoms with Crippen molar-refractivity contribution in [3.8, 4) is 0 Å². The number of likely N-dealkylation sites (tertiary alicyclic amines) is 1. The van der Waals surface area contributed by atoms with Crippen LogP contribution in [-0.2, 0) is 4.79 Å². The van der Waals surface area contributed by atoms with Crippen LogP contribution in [0.1, 0.15) is 37.8 Å². The minimum atomic E-state index is 0.113. The predicted molar refractivity (Wildman–Crippen MR) is 83.0 cm³/mol. The summed E-state index contributed by atoms with van der Waals surface area (Å²) in [7, 11) is 0. The van der Waals surface area contributed by atoms with Crippen molar-refractivity contribution in [3.63, 3.8) is 0 Å². The van der Waals surface area contributed by atoms with E-state index in [1.807, 2.05) is 24.0 Å². The lowest BCUT2D eigenvalue weighted by Crippen LogP contribution is -2.32. The normalized spacial score (nSPS) is 20.2. The number of nitrogens with two attached hydrogens (primary N) is 1. The molecule has 2 unspecified atom stereocenters. The minimum Gasteiger partial charge on any atom is -0.336 e. The molecule has 0 bridgehead atoms. The van der Waals surface area contributed by atoms with E-state index < -0.39 is 0 Å². The van der Waals surface area contributed by atoms with Crippen molar-refractivity contribution in [2.75, 3.05) is 13.1 Å². The summed E-state index contributed by atoms with van der Waals surface area (Å²) in [5.74, 6) is 0.397. The van der Waals surface area contributed by atoms with E-state index in [2.05, 4.69) is 0 Å². The summed E-state index contributed by atoms with van der Waals surface area (Å²) in [4.78, 5) is 14.3. The van der Waals surface area contributed by atoms with Crippen LogP contribution in [-0.4, -0.2) is 23.9 Å². The SMILES string of the molecule is CC(CN)CC(=O)N1CCCC1c1ccc(Cl)c(Cl)c1. The van der Waals surface area contributed by atoms with Crippen LogP contribution in [0.2, 0.25) is 10.0 Å². The lowest BCUT2D eigenvalue weighted by molar-refractivity contribution is -0.133. The molecule has 2 rings (SSSR count). The van der Waals surface area contributed by atoms with Gasteiger partial charge in [0.05, 0.1) is 16.1 Å². The Hall–Kier alpha value is -0.770. The number of halogens is 2. The average Bonchev–Trinajstić information content (AvgIpc) is 2.91. The van der Waals surface area contributed by atoms with Gasteiger partial charge in [-0.25, -0.2) is 0 Å². The van der Waals surface area contributed by atoms with Gasteiger partial charge in [-0.05, 0) is 43.0 Å². The maximum Gasteiger partial charge on any atom is 0.223 e. The second-order valence-corrected chi connectivity index (χ2v) is 6.28. The number of benzene rings is 1. The van der Waals surface area contributed by atoms with Crippen molar-refractivity contribution in [1.29, 1.82) is 0 Å². The van der Waals surface area contributed by atoms with Gasteiger partial charge in [0.2, 0.25) is 5.91 Å². The molecule has 5 heteroatoms. The predicted octanol–water partition coefficient (Wildman–Crippen LogP) is 3.64. The molecule has 2 N–H and O–H groups in total. The Morgan fingerprint density at radius 2 is 2.20 bits per heavy atom. The van der Waals surface area contributed by atoms with E-state index in [0.717, 1.165) is 24.9 Å². The molecule has 0 aromatic heterocycles. The van der Waals surface area contributed by atoms with Gasteiger partial charge in [-0.1, -0.05) is 36.2 Å². The van der Waals surface area contributed by atoms with Crippen LogP contribution in [0.15, 0.2) is 18.2 Å². The van der Waals surface area contributed by atoms with E-state index in [1.54, 1.807) is 6.07 Å². The Bertz CT molecular complexity index is 493. The maximum absolute atomic E-state index is 12.4. The number of carbonyl (C=O) groups is 1. The molecule has 110 valence electrons. The monoisotopic (exact) mass is 314 g/mol. The first kappa shape index (κ1) is 15.6. The molecule has 1 amide bonds. The zero-order valence-electron chi connectivity index (χ0n) is 11.6. The molecule has 1 heterocycles. The summed E-state index contributed by atoms with van der Waals surface area (Å²) in [6, 6.07) is 5.73. The lowest BCUT2D eigenvalue weighted by Gasteiger charge is -2.26. The van der Waals surface area contributed by atoms with Crippen molar-refractivity contribution in [2.45, 2.75) is 32.2 Å². The van der Waals surface area contributed by atoms with Crippen molar-refractivity contribution in [2.24, 2.45) is 11.7 Å². The van der Waals surface area contributed by atoms with Crippen LogP contribution in [0.4, 0.5) is 0 Å². The number of rotatable bonds is 4. The van der Waals surface area contributed by atoms with Crippen LogP contribution in [0.25, 0.3) is 0 Å². The fourth-order valence-electron chi connectivity index (χ4n) is 2.63. The summed E-state index contributed by atoms with van der Waals surface area (Å²) < 4.78 is 0. The number of hydrogen-bond donors (Lipinski definition) is 1. The Balaban J connectivity index is 2.14. The quantitative estimate of drug-likeness (QED) is 0.922. The summed E-state index contributed by atoms with van der Waals surface area (Å²) in [6.45, 7) is 3.35. The van der Waals surface area contributed by atoms with Gasteiger partial charge in [0.25, 0.3) is 0 Å². The van der Waals surface area contributed by atoms with Gasteiger partial charge in [0, 0.05) is 13.0 Å². The maximum atomic E-state index is 12.4. The van der Waals surface area contributed by atoms with E-state index in [0.29, 0.717) is 23.0 Å². The van der Waals surface area contributed by atoms with Gasteiger partial charge in [0.1, 0.15) is 0 Å². The molecule has 3 nitrogen and oxygen atoms in total. The molecule has 0 radical (unpaired) electrons. The lowest BCUT2D eigenvalue weighted by atomic mass is 10.0. The van der Waals surface area contributed by atoms with Crippen molar-refractivity contribution in [3.05, 3.63) is 33.8 Å². The van der Waals surface area contributed by atoms with Crippen LogP contribution in [0.3, 0.4) is 0 Å². The Morgan fingerprint density at radius 1 is 1.45 bits per heavy atom. The van der Waals surface area contributed by atoms with Crippen molar-refractivity contribution in [1.82, 2.24) is 4.90 Å². The van der Waals surface area contributed by atoms with Gasteiger partial charge in [-0.15, -0.1) is 0 Å². The highest BCUT2D eigenvalue weighted by atomic mass is 35.5. The van der Waals surface area contributed by atoms with Gasteiger partial charge < -0.3 is 10.6 Å².